The Hall–Kier alpha value is -2.86. The number of aryl methyl sites for hydroxylation is 1. The van der Waals surface area contributed by atoms with Crippen LogP contribution in [0, 0.1) is 6.92 Å². The maximum absolute atomic E-state index is 12.9. The molecule has 0 radical (unpaired) electrons. The van der Waals surface area contributed by atoms with Crippen molar-refractivity contribution in [2.24, 2.45) is 0 Å². The van der Waals surface area contributed by atoms with E-state index in [-0.39, 0.29) is 11.8 Å². The molecular weight excluding hydrogens is 366 g/mol. The van der Waals surface area contributed by atoms with E-state index < -0.39 is 0 Å². The molecule has 0 saturated carbocycles. The lowest BCUT2D eigenvalue weighted by atomic mass is 10.1. The third-order valence-corrected chi connectivity index (χ3v) is 5.12. The van der Waals surface area contributed by atoms with Crippen molar-refractivity contribution in [3.63, 3.8) is 0 Å². The van der Waals surface area contributed by atoms with E-state index in [1.165, 1.54) is 11.3 Å². The number of methoxy groups -OCH3 is 1. The number of piperazine rings is 1. The number of hydrogen-bond donors (Lipinski definition) is 1. The molecule has 3 rings (SSSR count). The second kappa shape index (κ2) is 10.1. The van der Waals surface area contributed by atoms with Gasteiger partial charge >= 0.3 is 0 Å². The van der Waals surface area contributed by atoms with Gasteiger partial charge in [-0.3, -0.25) is 9.59 Å². The van der Waals surface area contributed by atoms with Gasteiger partial charge < -0.3 is 19.9 Å². The second-order valence-corrected chi connectivity index (χ2v) is 7.30. The van der Waals surface area contributed by atoms with Crippen LogP contribution in [0.2, 0.25) is 0 Å². The summed E-state index contributed by atoms with van der Waals surface area (Å²) in [6, 6.07) is 15.4. The summed E-state index contributed by atoms with van der Waals surface area (Å²) in [5, 5.41) is 2.86. The third kappa shape index (κ3) is 5.57. The van der Waals surface area contributed by atoms with Crippen LogP contribution in [0.1, 0.15) is 32.7 Å². The lowest BCUT2D eigenvalue weighted by Gasteiger charge is -2.36. The van der Waals surface area contributed by atoms with Crippen LogP contribution in [0.4, 0.5) is 5.69 Å². The van der Waals surface area contributed by atoms with Gasteiger partial charge in [0.2, 0.25) is 0 Å². The summed E-state index contributed by atoms with van der Waals surface area (Å²) in [4.78, 5) is 29.4. The van der Waals surface area contributed by atoms with Crippen LogP contribution < -0.4 is 10.2 Å². The minimum Gasteiger partial charge on any atom is -0.385 e. The van der Waals surface area contributed by atoms with Gasteiger partial charge in [0.1, 0.15) is 0 Å². The highest BCUT2D eigenvalue weighted by Crippen LogP contribution is 2.19. The molecule has 1 saturated heterocycles. The number of anilines is 1. The molecule has 1 aliphatic rings. The lowest BCUT2D eigenvalue weighted by Crippen LogP contribution is -2.48. The first kappa shape index (κ1) is 20.9. The summed E-state index contributed by atoms with van der Waals surface area (Å²) < 4.78 is 4.98. The Labute approximate surface area is 172 Å². The van der Waals surface area contributed by atoms with Crippen LogP contribution in [0.3, 0.4) is 0 Å². The molecular formula is C23H29N3O3. The van der Waals surface area contributed by atoms with E-state index in [0.717, 1.165) is 19.5 Å². The van der Waals surface area contributed by atoms with Gasteiger partial charge in [-0.05, 0) is 49.2 Å². The SMILES string of the molecule is COCCCNC(=O)c1cccc(C(=O)N2CCN(c3cccc(C)c3)CC2)c1. The summed E-state index contributed by atoms with van der Waals surface area (Å²) in [7, 11) is 1.64. The molecule has 1 N–H and O–H groups in total. The number of benzene rings is 2. The van der Waals surface area contributed by atoms with Crippen molar-refractivity contribution in [2.75, 3.05) is 51.3 Å². The fourth-order valence-corrected chi connectivity index (χ4v) is 3.49. The predicted octanol–water partition coefficient (Wildman–Crippen LogP) is 2.72. The van der Waals surface area contributed by atoms with Crippen LogP contribution >= 0.6 is 0 Å². The van der Waals surface area contributed by atoms with E-state index in [4.69, 9.17) is 4.74 Å². The molecule has 0 aliphatic carbocycles. The number of rotatable bonds is 7. The van der Waals surface area contributed by atoms with Crippen molar-refractivity contribution in [3.8, 4) is 0 Å². The number of ether oxygens (including phenoxy) is 1. The summed E-state index contributed by atoms with van der Waals surface area (Å²) in [5.41, 5.74) is 3.49. The number of amides is 2. The summed E-state index contributed by atoms with van der Waals surface area (Å²) in [6.45, 7) is 6.17. The van der Waals surface area contributed by atoms with Crippen LogP contribution in [0.15, 0.2) is 48.5 Å². The van der Waals surface area contributed by atoms with Crippen LogP contribution in [-0.2, 0) is 4.74 Å². The van der Waals surface area contributed by atoms with Crippen LogP contribution in [-0.4, -0.2) is 63.2 Å². The minimum atomic E-state index is -0.167. The molecule has 2 aromatic rings. The van der Waals surface area contributed by atoms with Crippen molar-refractivity contribution in [3.05, 3.63) is 65.2 Å². The first-order valence-corrected chi connectivity index (χ1v) is 10.1. The average Bonchev–Trinajstić information content (AvgIpc) is 2.76. The fraction of sp³-hybridized carbons (Fsp3) is 0.391. The van der Waals surface area contributed by atoms with E-state index in [2.05, 4.69) is 41.4 Å². The normalized spacial score (nSPS) is 14.0. The maximum Gasteiger partial charge on any atom is 0.253 e. The molecule has 1 aliphatic heterocycles. The number of carbonyl (C=O) groups is 2. The Morgan fingerprint density at radius 1 is 1.00 bits per heavy atom. The third-order valence-electron chi connectivity index (χ3n) is 5.12. The number of nitrogens with one attached hydrogen (secondary N) is 1. The Morgan fingerprint density at radius 2 is 1.72 bits per heavy atom. The molecule has 2 aromatic carbocycles. The van der Waals surface area contributed by atoms with Gasteiger partial charge in [-0.25, -0.2) is 0 Å². The first-order valence-electron chi connectivity index (χ1n) is 10.1. The first-order chi connectivity index (χ1) is 14.1. The Morgan fingerprint density at radius 3 is 2.45 bits per heavy atom. The zero-order valence-electron chi connectivity index (χ0n) is 17.2. The Balaban J connectivity index is 1.57. The molecule has 0 atom stereocenters. The zero-order valence-corrected chi connectivity index (χ0v) is 17.2. The van der Waals surface area contributed by atoms with Gasteiger partial charge in [-0.1, -0.05) is 18.2 Å². The molecule has 1 fully saturated rings. The highest BCUT2D eigenvalue weighted by molar-refractivity contribution is 5.99. The Bertz CT molecular complexity index is 845. The minimum absolute atomic E-state index is 0.0251. The van der Waals surface area contributed by atoms with E-state index in [0.29, 0.717) is 37.4 Å². The molecule has 0 aromatic heterocycles. The van der Waals surface area contributed by atoms with E-state index in [1.807, 2.05) is 4.90 Å². The zero-order chi connectivity index (χ0) is 20.6. The van der Waals surface area contributed by atoms with Crippen molar-refractivity contribution in [2.45, 2.75) is 13.3 Å². The number of hydrogen-bond acceptors (Lipinski definition) is 4. The van der Waals surface area contributed by atoms with Crippen LogP contribution in [0.5, 0.6) is 0 Å². The monoisotopic (exact) mass is 395 g/mol. The summed E-state index contributed by atoms with van der Waals surface area (Å²) in [5.74, 6) is -0.192. The molecule has 0 spiro atoms. The standard InChI is InChI=1S/C23H29N3O3/c1-18-6-3-9-21(16-18)25-11-13-26(14-12-25)23(28)20-8-4-7-19(17-20)22(27)24-10-5-15-29-2/h3-4,6-9,16-17H,5,10-15H2,1-2H3,(H,24,27). The van der Waals surface area contributed by atoms with Gasteiger partial charge in [-0.2, -0.15) is 0 Å². The molecule has 0 unspecified atom stereocenters. The lowest BCUT2D eigenvalue weighted by molar-refractivity contribution is 0.0746. The van der Waals surface area contributed by atoms with Gasteiger partial charge in [0.15, 0.2) is 0 Å². The average molecular weight is 396 g/mol. The quantitative estimate of drug-likeness (QED) is 0.733. The van der Waals surface area contributed by atoms with Gasteiger partial charge in [0, 0.05) is 63.3 Å². The van der Waals surface area contributed by atoms with Crippen molar-refractivity contribution in [1.29, 1.82) is 0 Å². The highest BCUT2D eigenvalue weighted by atomic mass is 16.5. The molecule has 6 heteroatoms. The Kier molecular flexibility index (Phi) is 7.25. The summed E-state index contributed by atoms with van der Waals surface area (Å²) in [6.07, 6.45) is 0.756. The van der Waals surface area contributed by atoms with E-state index in [9.17, 15) is 9.59 Å². The number of carbonyl (C=O) groups excluding carboxylic acids is 2. The van der Waals surface area contributed by atoms with Crippen molar-refractivity contribution < 1.29 is 14.3 Å². The molecule has 6 nitrogen and oxygen atoms in total. The molecule has 1 heterocycles. The van der Waals surface area contributed by atoms with E-state index in [1.54, 1.807) is 31.4 Å². The number of nitrogens with zero attached hydrogens (tertiary/aromatic N) is 2. The van der Waals surface area contributed by atoms with Gasteiger partial charge in [-0.15, -0.1) is 0 Å². The smallest absolute Gasteiger partial charge is 0.253 e. The van der Waals surface area contributed by atoms with Crippen molar-refractivity contribution >= 4 is 17.5 Å². The summed E-state index contributed by atoms with van der Waals surface area (Å²) >= 11 is 0. The topological polar surface area (TPSA) is 61.9 Å². The largest absolute Gasteiger partial charge is 0.385 e. The second-order valence-electron chi connectivity index (χ2n) is 7.30. The molecule has 29 heavy (non-hydrogen) atoms. The molecule has 154 valence electrons. The van der Waals surface area contributed by atoms with Crippen molar-refractivity contribution in [1.82, 2.24) is 10.2 Å². The van der Waals surface area contributed by atoms with Crippen LogP contribution in [0.25, 0.3) is 0 Å². The predicted molar refractivity (Wildman–Crippen MR) is 115 cm³/mol. The fourth-order valence-electron chi connectivity index (χ4n) is 3.49. The van der Waals surface area contributed by atoms with Gasteiger partial charge in [0.25, 0.3) is 11.8 Å². The van der Waals surface area contributed by atoms with Gasteiger partial charge in [0.05, 0.1) is 0 Å². The highest BCUT2D eigenvalue weighted by Gasteiger charge is 2.23. The van der Waals surface area contributed by atoms with E-state index >= 15 is 0 Å². The molecule has 2 amide bonds. The molecule has 0 bridgehead atoms. The maximum atomic E-state index is 12.9.